The minimum Gasteiger partial charge on any atom is -0.497 e. The minimum atomic E-state index is 0.411. The van der Waals surface area contributed by atoms with Crippen molar-refractivity contribution >= 4 is 16.7 Å². The zero-order chi connectivity index (χ0) is 13.4. The van der Waals surface area contributed by atoms with Crippen molar-refractivity contribution in [3.8, 4) is 5.75 Å². The predicted molar refractivity (Wildman–Crippen MR) is 75.7 cm³/mol. The smallest absolute Gasteiger partial charge is 0.132 e. The van der Waals surface area contributed by atoms with E-state index in [2.05, 4.69) is 29.9 Å². The van der Waals surface area contributed by atoms with Crippen LogP contribution in [-0.2, 0) is 11.8 Å². The van der Waals surface area contributed by atoms with Crippen LogP contribution in [0, 0.1) is 0 Å². The Kier molecular flexibility index (Phi) is 3.05. The zero-order valence-electron chi connectivity index (χ0n) is 11.5. The molecule has 1 aliphatic carbocycles. The summed E-state index contributed by atoms with van der Waals surface area (Å²) in [6, 6.07) is 6.21. The third-order valence-corrected chi connectivity index (χ3v) is 4.21. The Balaban J connectivity index is 2.05. The lowest BCUT2D eigenvalue weighted by atomic mass is 9.83. The number of ether oxygens (including phenoxy) is 1. The molecule has 0 aliphatic heterocycles. The van der Waals surface area contributed by atoms with Crippen LogP contribution in [0.15, 0.2) is 24.4 Å². The molecule has 0 saturated heterocycles. The van der Waals surface area contributed by atoms with Gasteiger partial charge in [-0.1, -0.05) is 0 Å². The third kappa shape index (κ3) is 2.14. The molecule has 3 nitrogen and oxygen atoms in total. The zero-order valence-corrected chi connectivity index (χ0v) is 11.5. The number of carbonyl (C=O) groups excluding carboxylic acids is 1. The molecule has 1 aliphatic rings. The van der Waals surface area contributed by atoms with Gasteiger partial charge in [-0.15, -0.1) is 0 Å². The number of ketones is 1. The van der Waals surface area contributed by atoms with Gasteiger partial charge in [0, 0.05) is 37.0 Å². The van der Waals surface area contributed by atoms with Gasteiger partial charge in [-0.05, 0) is 42.5 Å². The second-order valence-corrected chi connectivity index (χ2v) is 5.39. The summed E-state index contributed by atoms with van der Waals surface area (Å²) in [6.07, 6.45) is 5.63. The molecule has 1 heterocycles. The molecule has 19 heavy (non-hydrogen) atoms. The van der Waals surface area contributed by atoms with Crippen molar-refractivity contribution in [2.45, 2.75) is 31.6 Å². The van der Waals surface area contributed by atoms with Crippen molar-refractivity contribution in [3.63, 3.8) is 0 Å². The Labute approximate surface area is 113 Å². The quantitative estimate of drug-likeness (QED) is 0.825. The molecule has 0 atom stereocenters. The normalized spacial score (nSPS) is 17.1. The molecular formula is C16H19NO2. The van der Waals surface area contributed by atoms with E-state index in [0.29, 0.717) is 11.7 Å². The van der Waals surface area contributed by atoms with E-state index in [1.165, 1.54) is 16.5 Å². The summed E-state index contributed by atoms with van der Waals surface area (Å²) in [5.74, 6) is 1.81. The standard InChI is InChI=1S/C16H19NO2/c1-17-10-15(11-3-5-12(18)6-4-11)14-9-13(19-2)7-8-16(14)17/h7-11H,3-6H2,1-2H3. The Morgan fingerprint density at radius 3 is 2.68 bits per heavy atom. The highest BCUT2D eigenvalue weighted by Gasteiger charge is 2.23. The van der Waals surface area contributed by atoms with Gasteiger partial charge in [-0.25, -0.2) is 0 Å². The van der Waals surface area contributed by atoms with E-state index in [9.17, 15) is 4.79 Å². The van der Waals surface area contributed by atoms with Crippen molar-refractivity contribution in [2.75, 3.05) is 7.11 Å². The summed E-state index contributed by atoms with van der Waals surface area (Å²) in [6.45, 7) is 0. The molecule has 0 unspecified atom stereocenters. The summed E-state index contributed by atoms with van der Waals surface area (Å²) in [4.78, 5) is 11.4. The lowest BCUT2D eigenvalue weighted by Crippen LogP contribution is -2.12. The molecular weight excluding hydrogens is 238 g/mol. The van der Waals surface area contributed by atoms with Gasteiger partial charge in [0.1, 0.15) is 11.5 Å². The highest BCUT2D eigenvalue weighted by Crippen LogP contribution is 2.37. The van der Waals surface area contributed by atoms with Gasteiger partial charge < -0.3 is 9.30 Å². The van der Waals surface area contributed by atoms with Crippen LogP contribution in [-0.4, -0.2) is 17.5 Å². The van der Waals surface area contributed by atoms with Gasteiger partial charge in [0.05, 0.1) is 7.11 Å². The summed E-state index contributed by atoms with van der Waals surface area (Å²) in [5.41, 5.74) is 2.59. The molecule has 1 aromatic heterocycles. The van der Waals surface area contributed by atoms with E-state index < -0.39 is 0 Å². The van der Waals surface area contributed by atoms with Crippen LogP contribution in [0.4, 0.5) is 0 Å². The van der Waals surface area contributed by atoms with E-state index in [4.69, 9.17) is 4.74 Å². The summed E-state index contributed by atoms with van der Waals surface area (Å²) < 4.78 is 7.49. The number of rotatable bonds is 2. The monoisotopic (exact) mass is 257 g/mol. The molecule has 0 spiro atoms. The first-order valence-corrected chi connectivity index (χ1v) is 6.83. The molecule has 0 N–H and O–H groups in total. The number of aromatic nitrogens is 1. The topological polar surface area (TPSA) is 31.2 Å². The molecule has 1 fully saturated rings. The van der Waals surface area contributed by atoms with Crippen LogP contribution < -0.4 is 4.74 Å². The highest BCUT2D eigenvalue weighted by molar-refractivity contribution is 5.86. The molecule has 0 bridgehead atoms. The summed E-state index contributed by atoms with van der Waals surface area (Å²) in [5, 5.41) is 1.26. The van der Waals surface area contributed by atoms with Crippen molar-refractivity contribution in [1.82, 2.24) is 4.57 Å². The largest absolute Gasteiger partial charge is 0.497 e. The molecule has 1 aromatic carbocycles. The second-order valence-electron chi connectivity index (χ2n) is 5.39. The minimum absolute atomic E-state index is 0.411. The molecule has 100 valence electrons. The molecule has 3 rings (SSSR count). The van der Waals surface area contributed by atoms with Crippen molar-refractivity contribution in [2.24, 2.45) is 7.05 Å². The Morgan fingerprint density at radius 1 is 1.26 bits per heavy atom. The fourth-order valence-electron chi connectivity index (χ4n) is 3.10. The maximum atomic E-state index is 11.4. The summed E-state index contributed by atoms with van der Waals surface area (Å²) in [7, 11) is 3.77. The van der Waals surface area contributed by atoms with Crippen molar-refractivity contribution in [3.05, 3.63) is 30.0 Å². The van der Waals surface area contributed by atoms with E-state index in [1.807, 2.05) is 6.07 Å². The number of hydrogen-bond donors (Lipinski definition) is 0. The van der Waals surface area contributed by atoms with Gasteiger partial charge in [-0.2, -0.15) is 0 Å². The van der Waals surface area contributed by atoms with Crippen LogP contribution in [0.1, 0.15) is 37.2 Å². The van der Waals surface area contributed by atoms with Crippen molar-refractivity contribution < 1.29 is 9.53 Å². The Hall–Kier alpha value is -1.77. The average Bonchev–Trinajstić information content (AvgIpc) is 2.76. The average molecular weight is 257 g/mol. The van der Waals surface area contributed by atoms with Crippen LogP contribution in [0.25, 0.3) is 10.9 Å². The van der Waals surface area contributed by atoms with Crippen molar-refractivity contribution in [1.29, 1.82) is 0 Å². The number of aryl methyl sites for hydroxylation is 1. The van der Waals surface area contributed by atoms with Gasteiger partial charge in [0.2, 0.25) is 0 Å². The lowest BCUT2D eigenvalue weighted by molar-refractivity contribution is -0.120. The first kappa shape index (κ1) is 12.3. The number of methoxy groups -OCH3 is 1. The van der Waals surface area contributed by atoms with Crippen LogP contribution in [0.2, 0.25) is 0 Å². The molecule has 1 saturated carbocycles. The predicted octanol–water partition coefficient (Wildman–Crippen LogP) is 3.41. The second kappa shape index (κ2) is 4.72. The van der Waals surface area contributed by atoms with Crippen LogP contribution in [0.3, 0.4) is 0 Å². The fourth-order valence-corrected chi connectivity index (χ4v) is 3.10. The van der Waals surface area contributed by atoms with Crippen LogP contribution in [0.5, 0.6) is 5.75 Å². The third-order valence-electron chi connectivity index (χ3n) is 4.21. The van der Waals surface area contributed by atoms with Crippen LogP contribution >= 0.6 is 0 Å². The number of fused-ring (bicyclic) bond motifs is 1. The SMILES string of the molecule is COc1ccc2c(c1)c(C1CCC(=O)CC1)cn2C. The fraction of sp³-hybridized carbons (Fsp3) is 0.438. The Morgan fingerprint density at radius 2 is 2.00 bits per heavy atom. The van der Waals surface area contributed by atoms with Gasteiger partial charge >= 0.3 is 0 Å². The van der Waals surface area contributed by atoms with E-state index in [1.54, 1.807) is 7.11 Å². The number of hydrogen-bond acceptors (Lipinski definition) is 2. The van der Waals surface area contributed by atoms with E-state index >= 15 is 0 Å². The van der Waals surface area contributed by atoms with Gasteiger partial charge in [-0.3, -0.25) is 4.79 Å². The molecule has 0 radical (unpaired) electrons. The number of Topliss-reactive ketones (excluding diaryl/α,β-unsaturated/α-hetero) is 1. The maximum absolute atomic E-state index is 11.4. The van der Waals surface area contributed by atoms with E-state index in [0.717, 1.165) is 31.4 Å². The molecule has 2 aromatic rings. The molecule has 3 heteroatoms. The maximum Gasteiger partial charge on any atom is 0.132 e. The lowest BCUT2D eigenvalue weighted by Gasteiger charge is -2.20. The summed E-state index contributed by atoms with van der Waals surface area (Å²) >= 11 is 0. The number of benzene rings is 1. The van der Waals surface area contributed by atoms with E-state index in [-0.39, 0.29) is 0 Å². The first-order chi connectivity index (χ1) is 9.19. The van der Waals surface area contributed by atoms with Gasteiger partial charge in [0.25, 0.3) is 0 Å². The number of carbonyl (C=O) groups is 1. The number of nitrogens with zero attached hydrogens (tertiary/aromatic N) is 1. The Bertz CT molecular complexity index is 617. The first-order valence-electron chi connectivity index (χ1n) is 6.83. The highest BCUT2D eigenvalue weighted by atomic mass is 16.5. The van der Waals surface area contributed by atoms with Gasteiger partial charge in [0.15, 0.2) is 0 Å². The molecule has 0 amide bonds.